The van der Waals surface area contributed by atoms with E-state index in [1.807, 2.05) is 11.8 Å². The van der Waals surface area contributed by atoms with E-state index in [0.29, 0.717) is 11.3 Å². The Bertz CT molecular complexity index is 315. The minimum atomic E-state index is 0.601. The summed E-state index contributed by atoms with van der Waals surface area (Å²) in [5.41, 5.74) is 1.24. The molecule has 16 heavy (non-hydrogen) atoms. The first kappa shape index (κ1) is 11.8. The summed E-state index contributed by atoms with van der Waals surface area (Å²) in [6, 6.07) is 9.38. The molecular weight excluding hydrogens is 216 g/mol. The number of benzene rings is 1. The van der Waals surface area contributed by atoms with Crippen molar-refractivity contribution in [1.29, 1.82) is 0 Å². The molecule has 0 saturated carbocycles. The second-order valence-corrected chi connectivity index (χ2v) is 6.17. The summed E-state index contributed by atoms with van der Waals surface area (Å²) in [6.45, 7) is 6.67. The number of anilines is 1. The van der Waals surface area contributed by atoms with Crippen LogP contribution in [-0.4, -0.2) is 24.4 Å². The molecule has 0 amide bonds. The summed E-state index contributed by atoms with van der Waals surface area (Å²) < 4.78 is 0. The highest BCUT2D eigenvalue weighted by Gasteiger charge is 2.13. The average molecular weight is 236 g/mol. The zero-order valence-electron chi connectivity index (χ0n) is 9.99. The molecule has 1 atom stereocenters. The van der Waals surface area contributed by atoms with Gasteiger partial charge >= 0.3 is 0 Å². The van der Waals surface area contributed by atoms with Gasteiger partial charge in [0, 0.05) is 28.4 Å². The quantitative estimate of drug-likeness (QED) is 0.786. The number of hydrogen-bond acceptors (Lipinski definition) is 3. The first-order chi connectivity index (χ1) is 7.74. The van der Waals surface area contributed by atoms with Gasteiger partial charge in [0.15, 0.2) is 0 Å². The Balaban J connectivity index is 1.90. The van der Waals surface area contributed by atoms with E-state index in [1.165, 1.54) is 17.0 Å². The Morgan fingerprint density at radius 2 is 2.06 bits per heavy atom. The van der Waals surface area contributed by atoms with Gasteiger partial charge in [0.05, 0.1) is 0 Å². The van der Waals surface area contributed by atoms with E-state index in [0.717, 1.165) is 13.1 Å². The maximum absolute atomic E-state index is 3.55. The largest absolute Gasteiger partial charge is 0.381 e. The number of hydrogen-bond donors (Lipinski definition) is 2. The van der Waals surface area contributed by atoms with E-state index in [9.17, 15) is 0 Å². The molecule has 1 aliphatic rings. The van der Waals surface area contributed by atoms with Gasteiger partial charge in [-0.1, -0.05) is 13.8 Å². The summed E-state index contributed by atoms with van der Waals surface area (Å²) in [5.74, 6) is 0. The van der Waals surface area contributed by atoms with Gasteiger partial charge in [0.2, 0.25) is 0 Å². The van der Waals surface area contributed by atoms with E-state index in [2.05, 4.69) is 48.7 Å². The standard InChI is InChI=1S/C13H20N2S/c1-10(2)16-13-5-3-11(4-6-13)15-12-7-8-14-9-12/h3-6,10,12,14-15H,7-9H2,1-2H3. The number of thioether (sulfide) groups is 1. The highest BCUT2D eigenvalue weighted by molar-refractivity contribution is 7.99. The fourth-order valence-corrected chi connectivity index (χ4v) is 2.75. The number of nitrogens with one attached hydrogen (secondary N) is 2. The molecule has 0 bridgehead atoms. The van der Waals surface area contributed by atoms with Crippen molar-refractivity contribution in [3.05, 3.63) is 24.3 Å². The van der Waals surface area contributed by atoms with Gasteiger partial charge in [0.1, 0.15) is 0 Å². The second-order valence-electron chi connectivity index (χ2n) is 4.53. The van der Waals surface area contributed by atoms with Crippen LogP contribution in [0.2, 0.25) is 0 Å². The summed E-state index contributed by atoms with van der Waals surface area (Å²) in [7, 11) is 0. The molecule has 1 aliphatic heterocycles. The van der Waals surface area contributed by atoms with Crippen LogP contribution in [0.15, 0.2) is 29.2 Å². The van der Waals surface area contributed by atoms with E-state index in [4.69, 9.17) is 0 Å². The predicted molar refractivity (Wildman–Crippen MR) is 72.3 cm³/mol. The highest BCUT2D eigenvalue weighted by atomic mass is 32.2. The van der Waals surface area contributed by atoms with Crippen molar-refractivity contribution >= 4 is 17.4 Å². The minimum absolute atomic E-state index is 0.601. The smallest absolute Gasteiger partial charge is 0.0398 e. The molecule has 1 aromatic rings. The first-order valence-corrected chi connectivity index (χ1v) is 6.86. The van der Waals surface area contributed by atoms with Gasteiger partial charge in [0.25, 0.3) is 0 Å². The van der Waals surface area contributed by atoms with Gasteiger partial charge in [-0.2, -0.15) is 0 Å². The normalized spacial score (nSPS) is 20.3. The van der Waals surface area contributed by atoms with Crippen molar-refractivity contribution in [2.45, 2.75) is 36.5 Å². The average Bonchev–Trinajstić information content (AvgIpc) is 2.73. The third-order valence-corrected chi connectivity index (χ3v) is 3.67. The van der Waals surface area contributed by atoms with E-state index >= 15 is 0 Å². The Morgan fingerprint density at radius 3 is 2.62 bits per heavy atom. The lowest BCUT2D eigenvalue weighted by atomic mass is 10.2. The van der Waals surface area contributed by atoms with Crippen molar-refractivity contribution in [3.8, 4) is 0 Å². The van der Waals surface area contributed by atoms with Crippen LogP contribution in [0.25, 0.3) is 0 Å². The fraction of sp³-hybridized carbons (Fsp3) is 0.538. The van der Waals surface area contributed by atoms with Crippen molar-refractivity contribution in [3.63, 3.8) is 0 Å². The molecule has 1 aromatic carbocycles. The molecule has 2 nitrogen and oxygen atoms in total. The predicted octanol–water partition coefficient (Wildman–Crippen LogP) is 2.96. The Morgan fingerprint density at radius 1 is 1.31 bits per heavy atom. The third kappa shape index (κ3) is 3.42. The second kappa shape index (κ2) is 5.60. The lowest BCUT2D eigenvalue weighted by Crippen LogP contribution is -2.21. The third-order valence-electron chi connectivity index (χ3n) is 2.66. The fourth-order valence-electron chi connectivity index (χ4n) is 1.92. The van der Waals surface area contributed by atoms with Crippen molar-refractivity contribution in [2.24, 2.45) is 0 Å². The topological polar surface area (TPSA) is 24.1 Å². The van der Waals surface area contributed by atoms with Crippen molar-refractivity contribution in [1.82, 2.24) is 5.32 Å². The lowest BCUT2D eigenvalue weighted by molar-refractivity contribution is 0.793. The van der Waals surface area contributed by atoms with Gasteiger partial charge in [-0.05, 0) is 37.2 Å². The number of rotatable bonds is 4. The Kier molecular flexibility index (Phi) is 4.13. The SMILES string of the molecule is CC(C)Sc1ccc(NC2CCNC2)cc1. The molecule has 1 saturated heterocycles. The van der Waals surface area contributed by atoms with Crippen LogP contribution in [0.5, 0.6) is 0 Å². The van der Waals surface area contributed by atoms with Gasteiger partial charge in [-0.15, -0.1) is 11.8 Å². The maximum Gasteiger partial charge on any atom is 0.0398 e. The van der Waals surface area contributed by atoms with Gasteiger partial charge in [-0.25, -0.2) is 0 Å². The summed E-state index contributed by atoms with van der Waals surface area (Å²) in [4.78, 5) is 1.35. The molecule has 1 heterocycles. The Hall–Kier alpha value is -0.670. The molecule has 0 aromatic heterocycles. The molecule has 0 aliphatic carbocycles. The van der Waals surface area contributed by atoms with Crippen molar-refractivity contribution in [2.75, 3.05) is 18.4 Å². The molecule has 1 unspecified atom stereocenters. The van der Waals surface area contributed by atoms with Gasteiger partial charge in [-0.3, -0.25) is 0 Å². The molecule has 0 radical (unpaired) electrons. The van der Waals surface area contributed by atoms with Crippen LogP contribution < -0.4 is 10.6 Å². The summed E-state index contributed by atoms with van der Waals surface area (Å²) >= 11 is 1.91. The summed E-state index contributed by atoms with van der Waals surface area (Å²) in [5, 5.41) is 7.56. The molecular formula is C13H20N2S. The highest BCUT2D eigenvalue weighted by Crippen LogP contribution is 2.24. The molecule has 2 N–H and O–H groups in total. The molecule has 1 fully saturated rings. The van der Waals surface area contributed by atoms with Crippen LogP contribution in [0.1, 0.15) is 20.3 Å². The molecule has 88 valence electrons. The van der Waals surface area contributed by atoms with E-state index < -0.39 is 0 Å². The Labute approximate surface area is 102 Å². The van der Waals surface area contributed by atoms with Crippen LogP contribution in [-0.2, 0) is 0 Å². The molecule has 2 rings (SSSR count). The van der Waals surface area contributed by atoms with E-state index in [-0.39, 0.29) is 0 Å². The zero-order valence-corrected chi connectivity index (χ0v) is 10.8. The molecule has 3 heteroatoms. The summed E-state index contributed by atoms with van der Waals surface area (Å²) in [6.07, 6.45) is 1.22. The van der Waals surface area contributed by atoms with E-state index in [1.54, 1.807) is 0 Å². The monoisotopic (exact) mass is 236 g/mol. The molecule has 0 spiro atoms. The van der Waals surface area contributed by atoms with Crippen molar-refractivity contribution < 1.29 is 0 Å². The maximum atomic E-state index is 3.55. The zero-order chi connectivity index (χ0) is 11.4. The van der Waals surface area contributed by atoms with Crippen LogP contribution in [0.3, 0.4) is 0 Å². The van der Waals surface area contributed by atoms with Crippen LogP contribution in [0, 0.1) is 0 Å². The van der Waals surface area contributed by atoms with Gasteiger partial charge < -0.3 is 10.6 Å². The minimum Gasteiger partial charge on any atom is -0.381 e. The van der Waals surface area contributed by atoms with Crippen LogP contribution >= 0.6 is 11.8 Å². The lowest BCUT2D eigenvalue weighted by Gasteiger charge is -2.13. The van der Waals surface area contributed by atoms with Crippen LogP contribution in [0.4, 0.5) is 5.69 Å². The first-order valence-electron chi connectivity index (χ1n) is 5.98.